The van der Waals surface area contributed by atoms with Gasteiger partial charge in [-0.15, -0.1) is 0 Å². The van der Waals surface area contributed by atoms with Crippen LogP contribution in [0.5, 0.6) is 0 Å². The lowest BCUT2D eigenvalue weighted by atomic mass is 9.99. The first-order chi connectivity index (χ1) is 17.0. The van der Waals surface area contributed by atoms with E-state index in [0.717, 1.165) is 39.4 Å². The Morgan fingerprint density at radius 1 is 0.971 bits per heavy atom. The molecule has 7 heteroatoms. The molecule has 1 unspecified atom stereocenters. The largest absolute Gasteiger partial charge is 0.358 e. The van der Waals surface area contributed by atoms with Gasteiger partial charge in [0.15, 0.2) is 0 Å². The number of rotatable bonds is 6. The number of nitrogens with zero attached hydrogens (tertiary/aromatic N) is 2. The zero-order valence-corrected chi connectivity index (χ0v) is 19.3. The number of H-pyrrole nitrogens is 1. The Morgan fingerprint density at radius 2 is 1.80 bits per heavy atom. The molecule has 5 rings (SSSR count). The topological polar surface area (TPSA) is 82.7 Å². The lowest BCUT2D eigenvalue weighted by Gasteiger charge is -2.20. The van der Waals surface area contributed by atoms with E-state index in [2.05, 4.69) is 25.6 Å². The highest BCUT2D eigenvalue weighted by molar-refractivity contribution is 6.05. The fourth-order valence-electron chi connectivity index (χ4n) is 4.25. The number of nitrogens with one attached hydrogen (secondary N) is 3. The lowest BCUT2D eigenvalue weighted by molar-refractivity contribution is 0.102. The second kappa shape index (κ2) is 9.38. The van der Waals surface area contributed by atoms with Crippen molar-refractivity contribution in [3.63, 3.8) is 0 Å². The fourth-order valence-corrected chi connectivity index (χ4v) is 4.25. The second-order valence-corrected chi connectivity index (χ2v) is 8.35. The number of carbonyl (C=O) groups is 1. The van der Waals surface area contributed by atoms with Crippen LogP contribution in [0.3, 0.4) is 0 Å². The molecule has 0 saturated carbocycles. The van der Waals surface area contributed by atoms with Gasteiger partial charge in [0.2, 0.25) is 0 Å². The standard InChI is InChI=1S/C28H24FN5O/c1-17-8-7-12-25(31-17)34-27(24-11-5-6-15-30-24)26-18(2)32-23-14-13-19(16-21(23)26)33-28(35)20-9-3-4-10-22(20)29/h3-16,27,32H,1-2H3,(H,31,34)(H,33,35). The highest BCUT2D eigenvalue weighted by Gasteiger charge is 2.23. The van der Waals surface area contributed by atoms with Gasteiger partial charge in [0.1, 0.15) is 11.6 Å². The van der Waals surface area contributed by atoms with E-state index < -0.39 is 11.7 Å². The van der Waals surface area contributed by atoms with E-state index in [4.69, 9.17) is 0 Å². The number of aromatic nitrogens is 3. The maximum atomic E-state index is 14.1. The Hall–Kier alpha value is -4.52. The number of hydrogen-bond donors (Lipinski definition) is 3. The van der Waals surface area contributed by atoms with E-state index in [-0.39, 0.29) is 11.6 Å². The van der Waals surface area contributed by atoms with Crippen LogP contribution in [0.4, 0.5) is 15.9 Å². The van der Waals surface area contributed by atoms with Crippen molar-refractivity contribution in [2.24, 2.45) is 0 Å². The number of anilines is 2. The van der Waals surface area contributed by atoms with Crippen LogP contribution < -0.4 is 10.6 Å². The van der Waals surface area contributed by atoms with Crippen LogP contribution >= 0.6 is 0 Å². The summed E-state index contributed by atoms with van der Waals surface area (Å²) in [6, 6.07) is 22.9. The average molecular weight is 466 g/mol. The van der Waals surface area contributed by atoms with Gasteiger partial charge in [-0.2, -0.15) is 0 Å². The monoisotopic (exact) mass is 465 g/mol. The molecule has 6 nitrogen and oxygen atoms in total. The van der Waals surface area contributed by atoms with Crippen LogP contribution in [0.2, 0.25) is 0 Å². The molecule has 0 aliphatic heterocycles. The van der Waals surface area contributed by atoms with Gasteiger partial charge in [-0.25, -0.2) is 9.37 Å². The normalized spacial score (nSPS) is 11.9. The number of halogens is 1. The maximum Gasteiger partial charge on any atom is 0.258 e. The molecule has 3 heterocycles. The quantitative estimate of drug-likeness (QED) is 0.280. The van der Waals surface area contributed by atoms with Gasteiger partial charge in [-0.3, -0.25) is 9.78 Å². The zero-order valence-electron chi connectivity index (χ0n) is 19.3. The molecule has 0 saturated heterocycles. The number of fused-ring (bicyclic) bond motifs is 1. The van der Waals surface area contributed by atoms with Crippen molar-refractivity contribution in [3.8, 4) is 0 Å². The molecule has 0 radical (unpaired) electrons. The van der Waals surface area contributed by atoms with Crippen molar-refractivity contribution in [3.05, 3.63) is 119 Å². The van der Waals surface area contributed by atoms with Gasteiger partial charge in [-0.1, -0.05) is 24.3 Å². The Labute approximate surface area is 202 Å². The van der Waals surface area contributed by atoms with Crippen LogP contribution in [-0.4, -0.2) is 20.9 Å². The van der Waals surface area contributed by atoms with Crippen LogP contribution in [-0.2, 0) is 0 Å². The molecule has 35 heavy (non-hydrogen) atoms. The van der Waals surface area contributed by atoms with E-state index in [1.807, 2.05) is 62.4 Å². The third kappa shape index (κ3) is 4.61. The van der Waals surface area contributed by atoms with Crippen molar-refractivity contribution < 1.29 is 9.18 Å². The minimum absolute atomic E-state index is 0.00313. The van der Waals surface area contributed by atoms with Crippen LogP contribution in [0.25, 0.3) is 10.9 Å². The first kappa shape index (κ1) is 22.3. The zero-order chi connectivity index (χ0) is 24.4. The summed E-state index contributed by atoms with van der Waals surface area (Å²) in [6.45, 7) is 3.96. The summed E-state index contributed by atoms with van der Waals surface area (Å²) >= 11 is 0. The number of pyridine rings is 2. The highest BCUT2D eigenvalue weighted by atomic mass is 19.1. The van der Waals surface area contributed by atoms with Crippen molar-refractivity contribution in [1.29, 1.82) is 0 Å². The summed E-state index contributed by atoms with van der Waals surface area (Å²) in [6.07, 6.45) is 1.76. The van der Waals surface area contributed by atoms with Crippen molar-refractivity contribution >= 4 is 28.3 Å². The Kier molecular flexibility index (Phi) is 5.97. The first-order valence-corrected chi connectivity index (χ1v) is 11.3. The first-order valence-electron chi connectivity index (χ1n) is 11.3. The number of aromatic amines is 1. The fraction of sp³-hybridized carbons (Fsp3) is 0.107. The summed E-state index contributed by atoms with van der Waals surface area (Å²) in [5.74, 6) is -0.327. The van der Waals surface area contributed by atoms with Crippen molar-refractivity contribution in [1.82, 2.24) is 15.0 Å². The minimum Gasteiger partial charge on any atom is -0.358 e. The molecule has 3 aromatic heterocycles. The summed E-state index contributed by atoms with van der Waals surface area (Å²) in [4.78, 5) is 25.4. The molecule has 0 aliphatic rings. The van der Waals surface area contributed by atoms with E-state index >= 15 is 0 Å². The summed E-state index contributed by atoms with van der Waals surface area (Å²) in [7, 11) is 0. The van der Waals surface area contributed by atoms with E-state index in [9.17, 15) is 9.18 Å². The SMILES string of the molecule is Cc1cccc(NC(c2ccccn2)c2c(C)[nH]c3ccc(NC(=O)c4ccccc4F)cc23)n1. The third-order valence-corrected chi connectivity index (χ3v) is 5.87. The predicted molar refractivity (Wildman–Crippen MR) is 136 cm³/mol. The van der Waals surface area contributed by atoms with E-state index in [1.165, 1.54) is 12.1 Å². The molecule has 0 spiro atoms. The Morgan fingerprint density at radius 3 is 2.57 bits per heavy atom. The van der Waals surface area contributed by atoms with Gasteiger partial charge in [0, 0.05) is 39.7 Å². The molecule has 1 atom stereocenters. The number of amides is 1. The molecule has 5 aromatic rings. The molecule has 2 aromatic carbocycles. The average Bonchev–Trinajstić information content (AvgIpc) is 3.18. The summed E-state index contributed by atoms with van der Waals surface area (Å²) < 4.78 is 14.1. The third-order valence-electron chi connectivity index (χ3n) is 5.87. The van der Waals surface area contributed by atoms with Crippen molar-refractivity contribution in [2.45, 2.75) is 19.9 Å². The summed E-state index contributed by atoms with van der Waals surface area (Å²) in [5, 5.41) is 7.28. The highest BCUT2D eigenvalue weighted by Crippen LogP contribution is 2.35. The molecular weight excluding hydrogens is 441 g/mol. The van der Waals surface area contributed by atoms with Gasteiger partial charge in [0.25, 0.3) is 5.91 Å². The molecule has 3 N–H and O–H groups in total. The van der Waals surface area contributed by atoms with E-state index in [1.54, 1.807) is 24.4 Å². The molecular formula is C28H24FN5O. The molecule has 1 amide bonds. The van der Waals surface area contributed by atoms with Crippen LogP contribution in [0, 0.1) is 19.7 Å². The number of aryl methyl sites for hydroxylation is 2. The number of carbonyl (C=O) groups excluding carboxylic acids is 1. The predicted octanol–water partition coefficient (Wildman–Crippen LogP) is 6.17. The van der Waals surface area contributed by atoms with Crippen LogP contribution in [0.15, 0.2) is 85.1 Å². The molecule has 0 bridgehead atoms. The van der Waals surface area contributed by atoms with Gasteiger partial charge >= 0.3 is 0 Å². The number of hydrogen-bond acceptors (Lipinski definition) is 4. The van der Waals surface area contributed by atoms with Crippen LogP contribution in [0.1, 0.15) is 39.0 Å². The van der Waals surface area contributed by atoms with Gasteiger partial charge < -0.3 is 15.6 Å². The molecule has 0 fully saturated rings. The Bertz CT molecular complexity index is 1510. The van der Waals surface area contributed by atoms with E-state index in [0.29, 0.717) is 5.69 Å². The smallest absolute Gasteiger partial charge is 0.258 e. The van der Waals surface area contributed by atoms with Gasteiger partial charge in [-0.05, 0) is 68.4 Å². The summed E-state index contributed by atoms with van der Waals surface area (Å²) in [5.41, 5.74) is 5.18. The maximum absolute atomic E-state index is 14.1. The number of benzene rings is 2. The minimum atomic E-state index is -0.561. The second-order valence-electron chi connectivity index (χ2n) is 8.35. The van der Waals surface area contributed by atoms with Gasteiger partial charge in [0.05, 0.1) is 17.3 Å². The molecule has 0 aliphatic carbocycles. The Balaban J connectivity index is 1.57. The van der Waals surface area contributed by atoms with Crippen molar-refractivity contribution in [2.75, 3.05) is 10.6 Å². The molecule has 174 valence electrons. The lowest BCUT2D eigenvalue weighted by Crippen LogP contribution is -2.16.